The summed E-state index contributed by atoms with van der Waals surface area (Å²) in [5, 5.41) is 1.95. The van der Waals surface area contributed by atoms with Crippen molar-refractivity contribution in [2.24, 2.45) is 0 Å². The van der Waals surface area contributed by atoms with Crippen LogP contribution in [-0.4, -0.2) is 38.8 Å². The van der Waals surface area contributed by atoms with E-state index in [0.717, 1.165) is 16.4 Å². The van der Waals surface area contributed by atoms with Crippen molar-refractivity contribution in [3.05, 3.63) is 59.4 Å². The van der Waals surface area contributed by atoms with Crippen LogP contribution in [0.2, 0.25) is 0 Å². The first kappa shape index (κ1) is 18.3. The molecule has 6 nitrogen and oxygen atoms in total. The average Bonchev–Trinajstić information content (AvgIpc) is 3.03. The molecule has 0 radical (unpaired) electrons. The van der Waals surface area contributed by atoms with Crippen LogP contribution in [0.5, 0.6) is 0 Å². The van der Waals surface area contributed by atoms with E-state index in [2.05, 4.69) is 6.58 Å². The lowest BCUT2D eigenvalue weighted by atomic mass is 10.1. The number of fused-ring (bicyclic) bond motifs is 1. The lowest BCUT2D eigenvalue weighted by Gasteiger charge is -2.24. The first-order valence-corrected chi connectivity index (χ1v) is 9.63. The zero-order valence-electron chi connectivity index (χ0n) is 14.2. The van der Waals surface area contributed by atoms with Gasteiger partial charge in [-0.25, -0.2) is 8.42 Å². The molecule has 136 valence electrons. The van der Waals surface area contributed by atoms with Gasteiger partial charge in [0.15, 0.2) is 21.9 Å². The van der Waals surface area contributed by atoms with Crippen molar-refractivity contribution in [3.8, 4) is 0 Å². The average molecular weight is 366 g/mol. The minimum atomic E-state index is -3.48. The summed E-state index contributed by atoms with van der Waals surface area (Å²) in [7, 11) is -3.48. The standard InChI is InChI=1S/C18H22O6S/c1-4-25(19,20)11-10-14-15(21-12-13-8-6-5-7-9-13)16-17(22-14)24-18(2,3)23-16/h4-11,14-17H,1,12H2,2-3H3/b11-10+/t14-,15+,16-,17-/m1/s1. The molecule has 1 aromatic carbocycles. The van der Waals surface area contributed by atoms with Crippen molar-refractivity contribution in [2.75, 3.05) is 0 Å². The quantitative estimate of drug-likeness (QED) is 0.770. The molecule has 4 atom stereocenters. The predicted octanol–water partition coefficient (Wildman–Crippen LogP) is 2.52. The fourth-order valence-corrected chi connectivity index (χ4v) is 3.34. The zero-order chi connectivity index (χ0) is 18.1. The molecule has 1 aromatic rings. The van der Waals surface area contributed by atoms with Crippen LogP contribution in [0.3, 0.4) is 0 Å². The molecular weight excluding hydrogens is 344 g/mol. The Morgan fingerprint density at radius 2 is 1.96 bits per heavy atom. The molecule has 2 saturated heterocycles. The molecule has 0 aromatic heterocycles. The molecule has 0 unspecified atom stereocenters. The Bertz CT molecular complexity index is 740. The number of benzene rings is 1. The van der Waals surface area contributed by atoms with Crippen molar-refractivity contribution in [3.63, 3.8) is 0 Å². The second-order valence-corrected chi connectivity index (χ2v) is 8.20. The molecule has 2 aliphatic rings. The molecule has 0 N–H and O–H groups in total. The van der Waals surface area contributed by atoms with E-state index in [0.29, 0.717) is 6.61 Å². The topological polar surface area (TPSA) is 71.1 Å². The number of rotatable bonds is 6. The number of hydrogen-bond donors (Lipinski definition) is 0. The largest absolute Gasteiger partial charge is 0.368 e. The van der Waals surface area contributed by atoms with Gasteiger partial charge in [-0.3, -0.25) is 0 Å². The maximum atomic E-state index is 11.6. The van der Waals surface area contributed by atoms with Crippen molar-refractivity contribution < 1.29 is 27.4 Å². The van der Waals surface area contributed by atoms with Crippen LogP contribution >= 0.6 is 0 Å². The molecule has 0 bridgehead atoms. The lowest BCUT2D eigenvalue weighted by molar-refractivity contribution is -0.213. The Balaban J connectivity index is 1.76. The summed E-state index contributed by atoms with van der Waals surface area (Å²) in [6.45, 7) is 7.25. The Labute approximate surface area is 147 Å². The van der Waals surface area contributed by atoms with E-state index in [1.165, 1.54) is 6.08 Å². The van der Waals surface area contributed by atoms with Crippen molar-refractivity contribution in [2.45, 2.75) is 50.8 Å². The van der Waals surface area contributed by atoms with Gasteiger partial charge in [-0.15, -0.1) is 0 Å². The van der Waals surface area contributed by atoms with Gasteiger partial charge in [0.05, 0.1) is 6.61 Å². The Hall–Kier alpha value is -1.51. The van der Waals surface area contributed by atoms with Gasteiger partial charge in [0.25, 0.3) is 0 Å². The monoisotopic (exact) mass is 366 g/mol. The Morgan fingerprint density at radius 3 is 2.64 bits per heavy atom. The summed E-state index contributed by atoms with van der Waals surface area (Å²) in [4.78, 5) is 0. The summed E-state index contributed by atoms with van der Waals surface area (Å²) in [5.41, 5.74) is 1.01. The number of ether oxygens (including phenoxy) is 4. The van der Waals surface area contributed by atoms with Gasteiger partial charge >= 0.3 is 0 Å². The third kappa shape index (κ3) is 4.37. The summed E-state index contributed by atoms with van der Waals surface area (Å²) < 4.78 is 46.7. The normalized spacial score (nSPS) is 31.3. The lowest BCUT2D eigenvalue weighted by Crippen LogP contribution is -2.36. The van der Waals surface area contributed by atoms with Gasteiger partial charge in [-0.1, -0.05) is 36.9 Å². The van der Waals surface area contributed by atoms with E-state index in [9.17, 15) is 8.42 Å². The van der Waals surface area contributed by atoms with Gasteiger partial charge in [0, 0.05) is 10.8 Å². The van der Waals surface area contributed by atoms with Gasteiger partial charge < -0.3 is 18.9 Å². The minimum Gasteiger partial charge on any atom is -0.368 e. The maximum Gasteiger partial charge on any atom is 0.192 e. The van der Waals surface area contributed by atoms with Gasteiger partial charge in [0.1, 0.15) is 18.3 Å². The van der Waals surface area contributed by atoms with E-state index >= 15 is 0 Å². The number of hydrogen-bond acceptors (Lipinski definition) is 6. The second-order valence-electron chi connectivity index (χ2n) is 6.41. The third-order valence-corrected chi connectivity index (χ3v) is 5.00. The SMILES string of the molecule is C=CS(=O)(=O)/C=C/[C@H]1O[C@@H]2OC(C)(C)O[C@@H]2[C@H]1OCc1ccccc1. The molecule has 7 heteroatoms. The molecule has 3 rings (SSSR count). The van der Waals surface area contributed by atoms with Crippen LogP contribution in [-0.2, 0) is 35.4 Å². The molecule has 2 aliphatic heterocycles. The molecular formula is C18H22O6S. The van der Waals surface area contributed by atoms with Crippen LogP contribution in [0.4, 0.5) is 0 Å². The number of sulfone groups is 1. The van der Waals surface area contributed by atoms with Gasteiger partial charge in [-0.2, -0.15) is 0 Å². The van der Waals surface area contributed by atoms with E-state index < -0.39 is 40.2 Å². The third-order valence-electron chi connectivity index (χ3n) is 4.00. The predicted molar refractivity (Wildman–Crippen MR) is 92.0 cm³/mol. The second kappa shape index (κ2) is 7.01. The molecule has 0 amide bonds. The smallest absolute Gasteiger partial charge is 0.192 e. The van der Waals surface area contributed by atoms with E-state index in [-0.39, 0.29) is 0 Å². The van der Waals surface area contributed by atoms with Crippen LogP contribution in [0.25, 0.3) is 0 Å². The highest BCUT2D eigenvalue weighted by molar-refractivity contribution is 7.97. The first-order chi connectivity index (χ1) is 11.8. The zero-order valence-corrected chi connectivity index (χ0v) is 15.0. The molecule has 2 fully saturated rings. The fraction of sp³-hybridized carbons (Fsp3) is 0.444. The Morgan fingerprint density at radius 1 is 1.24 bits per heavy atom. The summed E-state index contributed by atoms with van der Waals surface area (Å²) in [6, 6.07) is 9.70. The molecule has 2 heterocycles. The summed E-state index contributed by atoms with van der Waals surface area (Å²) in [6.07, 6.45) is -0.658. The fourth-order valence-electron chi connectivity index (χ4n) is 2.86. The van der Waals surface area contributed by atoms with Gasteiger partial charge in [-0.05, 0) is 25.5 Å². The van der Waals surface area contributed by atoms with E-state index in [1.807, 2.05) is 30.3 Å². The highest BCUT2D eigenvalue weighted by Gasteiger charge is 2.54. The highest BCUT2D eigenvalue weighted by Crippen LogP contribution is 2.39. The summed E-state index contributed by atoms with van der Waals surface area (Å²) in [5.74, 6) is -0.772. The molecule has 25 heavy (non-hydrogen) atoms. The molecule has 0 aliphatic carbocycles. The van der Waals surface area contributed by atoms with Gasteiger partial charge in [0.2, 0.25) is 0 Å². The van der Waals surface area contributed by atoms with E-state index in [4.69, 9.17) is 18.9 Å². The first-order valence-electron chi connectivity index (χ1n) is 8.02. The van der Waals surface area contributed by atoms with E-state index in [1.54, 1.807) is 13.8 Å². The van der Waals surface area contributed by atoms with Crippen LogP contribution in [0.15, 0.2) is 53.8 Å². The van der Waals surface area contributed by atoms with Crippen LogP contribution in [0.1, 0.15) is 19.4 Å². The van der Waals surface area contributed by atoms with Crippen LogP contribution in [0, 0.1) is 0 Å². The minimum absolute atomic E-state index is 0.362. The van der Waals surface area contributed by atoms with Crippen molar-refractivity contribution in [1.29, 1.82) is 0 Å². The molecule has 0 spiro atoms. The van der Waals surface area contributed by atoms with Crippen LogP contribution < -0.4 is 0 Å². The van der Waals surface area contributed by atoms with Crippen molar-refractivity contribution >= 4 is 9.84 Å². The summed E-state index contributed by atoms with van der Waals surface area (Å²) >= 11 is 0. The van der Waals surface area contributed by atoms with Crippen molar-refractivity contribution in [1.82, 2.24) is 0 Å². The Kier molecular flexibility index (Phi) is 5.13. The maximum absolute atomic E-state index is 11.6. The highest BCUT2D eigenvalue weighted by atomic mass is 32.2. The molecule has 0 saturated carbocycles.